The van der Waals surface area contributed by atoms with Crippen LogP contribution in [0.3, 0.4) is 0 Å². The Morgan fingerprint density at radius 2 is 1.68 bits per heavy atom. The number of aromatic nitrogens is 4. The van der Waals surface area contributed by atoms with Crippen molar-refractivity contribution in [3.8, 4) is 28.4 Å². The second-order valence-electron chi connectivity index (χ2n) is 8.43. The van der Waals surface area contributed by atoms with Gasteiger partial charge in [0.25, 0.3) is 0 Å². The quantitative estimate of drug-likeness (QED) is 0.314. The van der Waals surface area contributed by atoms with Gasteiger partial charge in [-0.05, 0) is 0 Å². The minimum absolute atomic E-state index is 0.518. The average molecular weight is 511 g/mol. The van der Waals surface area contributed by atoms with E-state index in [0.717, 1.165) is 50.5 Å². The number of hydrogen-bond donors (Lipinski definition) is 0. The predicted molar refractivity (Wildman–Crippen MR) is 138 cm³/mol. The Labute approximate surface area is 207 Å². The Bertz CT molecular complexity index is 1410. The molecule has 7 heteroatoms. The van der Waals surface area contributed by atoms with Gasteiger partial charge in [0.2, 0.25) is 0 Å². The molecule has 0 fully saturated rings. The molecule has 2 heterocycles. The molecule has 2 aromatic heterocycles. The summed E-state index contributed by atoms with van der Waals surface area (Å²) >= 11 is 1.45. The number of hydrogen-bond acceptors (Lipinski definition) is 5. The van der Waals surface area contributed by atoms with Gasteiger partial charge in [-0.25, -0.2) is 0 Å². The van der Waals surface area contributed by atoms with Crippen molar-refractivity contribution in [2.45, 2.75) is 13.2 Å². The van der Waals surface area contributed by atoms with Gasteiger partial charge in [0, 0.05) is 0 Å². The van der Waals surface area contributed by atoms with E-state index in [9.17, 15) is 0 Å². The van der Waals surface area contributed by atoms with E-state index in [0.29, 0.717) is 6.61 Å². The van der Waals surface area contributed by atoms with Crippen LogP contribution in [0.4, 0.5) is 0 Å². The van der Waals surface area contributed by atoms with E-state index in [1.54, 1.807) is 6.33 Å². The average Bonchev–Trinajstić information content (AvgIpc) is 3.25. The monoisotopic (exact) mass is 511 g/mol. The number of benzene rings is 3. The summed E-state index contributed by atoms with van der Waals surface area (Å²) in [5.41, 5.74) is 6.17. The molecule has 0 spiro atoms. The number of rotatable bonds is 7. The van der Waals surface area contributed by atoms with Crippen LogP contribution in [-0.2, 0) is 13.2 Å². The zero-order valence-corrected chi connectivity index (χ0v) is 21.6. The molecule has 0 aliphatic heterocycles. The maximum absolute atomic E-state index is 6.07. The fraction of sp³-hybridized carbons (Fsp3) is 0.148. The molecule has 0 bridgehead atoms. The van der Waals surface area contributed by atoms with E-state index in [1.807, 2.05) is 40.9 Å². The van der Waals surface area contributed by atoms with Crippen molar-refractivity contribution in [2.24, 2.45) is 0 Å². The van der Waals surface area contributed by atoms with Gasteiger partial charge in [0.05, 0.1) is 0 Å². The summed E-state index contributed by atoms with van der Waals surface area (Å²) in [6.45, 7) is 1.41. The molecule has 0 N–H and O–H groups in total. The first-order valence-corrected chi connectivity index (χ1v) is 12.3. The molecule has 34 heavy (non-hydrogen) atoms. The van der Waals surface area contributed by atoms with Crippen molar-refractivity contribution in [2.75, 3.05) is 14.1 Å². The van der Waals surface area contributed by atoms with Crippen molar-refractivity contribution in [3.63, 3.8) is 0 Å². The Hall–Kier alpha value is -3.47. The van der Waals surface area contributed by atoms with E-state index >= 15 is 0 Å². The second kappa shape index (κ2) is 9.80. The molecule has 0 amide bonds. The van der Waals surface area contributed by atoms with Crippen LogP contribution in [0.15, 0.2) is 85.2 Å². The molecule has 5 aromatic rings. The van der Waals surface area contributed by atoms with Crippen LogP contribution in [0, 0.1) is 0 Å². The molecule has 0 saturated carbocycles. The third-order valence-corrected chi connectivity index (χ3v) is 6.41. The van der Waals surface area contributed by atoms with Crippen molar-refractivity contribution in [3.05, 3.63) is 96.3 Å². The summed E-state index contributed by atoms with van der Waals surface area (Å²) in [6.07, 6.45) is 1.60. The van der Waals surface area contributed by atoms with E-state index in [-0.39, 0.29) is 0 Å². The van der Waals surface area contributed by atoms with Gasteiger partial charge in [0.15, 0.2) is 0 Å². The van der Waals surface area contributed by atoms with Gasteiger partial charge >= 0.3 is 208 Å². The maximum atomic E-state index is 6.07. The number of imidazole rings is 1. The van der Waals surface area contributed by atoms with Gasteiger partial charge in [0.1, 0.15) is 0 Å². The summed E-state index contributed by atoms with van der Waals surface area (Å²) in [5.74, 6) is 1.61. The summed E-state index contributed by atoms with van der Waals surface area (Å²) in [5, 5.41) is 4.55. The van der Waals surface area contributed by atoms with Crippen molar-refractivity contribution in [1.29, 1.82) is 0 Å². The molecule has 1 unspecified atom stereocenters. The van der Waals surface area contributed by atoms with Crippen LogP contribution in [0.2, 0.25) is 0 Å². The first-order valence-electron chi connectivity index (χ1n) is 11.1. The molecule has 0 saturated heterocycles. The van der Waals surface area contributed by atoms with Crippen LogP contribution < -0.4 is 9.22 Å². The van der Waals surface area contributed by atoms with Gasteiger partial charge in [-0.2, -0.15) is 0 Å². The van der Waals surface area contributed by atoms with Crippen molar-refractivity contribution >= 4 is 26.9 Å². The zero-order valence-electron chi connectivity index (χ0n) is 19.2. The first-order chi connectivity index (χ1) is 16.6. The molecule has 6 nitrogen and oxygen atoms in total. The minimum atomic E-state index is 0.518. The number of ether oxygens (including phenoxy) is 1. The van der Waals surface area contributed by atoms with E-state index in [1.165, 1.54) is 22.4 Å². The Balaban J connectivity index is 1.52. The van der Waals surface area contributed by atoms with Gasteiger partial charge in [-0.3, -0.25) is 0 Å². The zero-order chi connectivity index (χ0) is 23.5. The number of nitrogens with zero attached hydrogens (tertiary/aromatic N) is 5. The predicted octanol–water partition coefficient (Wildman–Crippen LogP) is 3.36. The molecule has 0 radical (unpaired) electrons. The summed E-state index contributed by atoms with van der Waals surface area (Å²) < 4.78 is 8.91. The molecule has 3 aromatic carbocycles. The summed E-state index contributed by atoms with van der Waals surface area (Å²) in [7, 11) is 4.14. The molecular formula is C27H26AsN5O. The van der Waals surface area contributed by atoms with Gasteiger partial charge in [-0.15, -0.1) is 0 Å². The normalized spacial score (nSPS) is 11.3. The van der Waals surface area contributed by atoms with Gasteiger partial charge in [-0.1, -0.05) is 0 Å². The second-order valence-corrected chi connectivity index (χ2v) is 9.57. The van der Waals surface area contributed by atoms with Crippen LogP contribution in [-0.4, -0.2) is 55.4 Å². The van der Waals surface area contributed by atoms with Crippen LogP contribution in [0.5, 0.6) is 5.75 Å². The fourth-order valence-electron chi connectivity index (χ4n) is 3.94. The summed E-state index contributed by atoms with van der Waals surface area (Å²) in [4.78, 5) is 11.7. The molecule has 1 atom stereocenters. The standard InChI is InChI=1S/C27H26AsN5O/c1-32(2)16-19-11-13-21(14-12-19)27-31-24(25-26(28)29-18-30-33(25)27)22-9-6-10-23(15-22)34-17-20-7-4-3-5-8-20/h3-15,18H,16-17,28H2,1-2H3. The SMILES string of the molecule is CN(C)Cc1ccc(-c2nc(-c3cccc(OCc4ccccc4)c3)c3c([AsH2])ncnn23)cc1. The fourth-order valence-corrected chi connectivity index (χ4v) is 4.63. The van der Waals surface area contributed by atoms with Crippen LogP contribution >= 0.6 is 0 Å². The van der Waals surface area contributed by atoms with E-state index in [2.05, 4.69) is 71.5 Å². The first kappa shape index (κ1) is 22.3. The van der Waals surface area contributed by atoms with Gasteiger partial charge < -0.3 is 0 Å². The Morgan fingerprint density at radius 1 is 0.882 bits per heavy atom. The van der Waals surface area contributed by atoms with Crippen LogP contribution in [0.25, 0.3) is 28.2 Å². The Kier molecular flexibility index (Phi) is 6.43. The third-order valence-electron chi connectivity index (χ3n) is 5.53. The molecular weight excluding hydrogens is 485 g/mol. The van der Waals surface area contributed by atoms with E-state index in [4.69, 9.17) is 9.72 Å². The molecule has 170 valence electrons. The molecule has 0 aliphatic carbocycles. The Morgan fingerprint density at radius 3 is 2.44 bits per heavy atom. The van der Waals surface area contributed by atoms with E-state index < -0.39 is 0 Å². The summed E-state index contributed by atoms with van der Waals surface area (Å²) in [6, 6.07) is 26.7. The third kappa shape index (κ3) is 4.74. The van der Waals surface area contributed by atoms with Crippen molar-refractivity contribution in [1.82, 2.24) is 24.5 Å². The van der Waals surface area contributed by atoms with Crippen molar-refractivity contribution < 1.29 is 4.74 Å². The molecule has 0 aliphatic rings. The van der Waals surface area contributed by atoms with Crippen LogP contribution in [0.1, 0.15) is 11.1 Å². The topological polar surface area (TPSA) is 55.5 Å². The number of fused-ring (bicyclic) bond motifs is 1. The molecule has 5 rings (SSSR count).